The standard InChI is InChI=1S/C13H16N4O/c1-3-14-13-15-8-7-12(17-13)16-10-5-4-6-11(9-10)18-2/h4-9H,3H2,1-2H3,(H2,14,15,16,17). The van der Waals surface area contributed by atoms with Gasteiger partial charge in [-0.1, -0.05) is 6.07 Å². The van der Waals surface area contributed by atoms with E-state index in [0.717, 1.165) is 23.8 Å². The summed E-state index contributed by atoms with van der Waals surface area (Å²) < 4.78 is 5.17. The molecule has 1 aromatic heterocycles. The van der Waals surface area contributed by atoms with Crippen molar-refractivity contribution in [2.75, 3.05) is 24.3 Å². The number of hydrogen-bond donors (Lipinski definition) is 2. The third-order valence-electron chi connectivity index (χ3n) is 2.33. The van der Waals surface area contributed by atoms with Crippen LogP contribution in [0.1, 0.15) is 6.92 Å². The lowest BCUT2D eigenvalue weighted by atomic mass is 10.3. The zero-order valence-corrected chi connectivity index (χ0v) is 10.5. The minimum atomic E-state index is 0.616. The smallest absolute Gasteiger partial charge is 0.224 e. The number of methoxy groups -OCH3 is 1. The Morgan fingerprint density at radius 2 is 2.17 bits per heavy atom. The molecule has 2 rings (SSSR count). The summed E-state index contributed by atoms with van der Waals surface area (Å²) in [5.74, 6) is 2.17. The van der Waals surface area contributed by atoms with Crippen molar-refractivity contribution >= 4 is 17.5 Å². The average Bonchev–Trinajstić information content (AvgIpc) is 2.40. The largest absolute Gasteiger partial charge is 0.497 e. The maximum atomic E-state index is 5.17. The highest BCUT2D eigenvalue weighted by Crippen LogP contribution is 2.20. The van der Waals surface area contributed by atoms with Gasteiger partial charge >= 0.3 is 0 Å². The van der Waals surface area contributed by atoms with E-state index in [2.05, 4.69) is 20.6 Å². The van der Waals surface area contributed by atoms with Gasteiger partial charge in [-0.15, -0.1) is 0 Å². The van der Waals surface area contributed by atoms with E-state index in [1.807, 2.05) is 37.3 Å². The minimum Gasteiger partial charge on any atom is -0.497 e. The van der Waals surface area contributed by atoms with E-state index in [1.54, 1.807) is 13.3 Å². The number of nitrogens with zero attached hydrogens (tertiary/aromatic N) is 2. The first kappa shape index (κ1) is 12.2. The molecular weight excluding hydrogens is 228 g/mol. The first-order valence-corrected chi connectivity index (χ1v) is 5.80. The van der Waals surface area contributed by atoms with Crippen LogP contribution in [0.15, 0.2) is 36.5 Å². The topological polar surface area (TPSA) is 59.1 Å². The van der Waals surface area contributed by atoms with Gasteiger partial charge in [-0.05, 0) is 25.1 Å². The van der Waals surface area contributed by atoms with Gasteiger partial charge in [-0.3, -0.25) is 0 Å². The van der Waals surface area contributed by atoms with E-state index in [1.165, 1.54) is 0 Å². The number of hydrogen-bond acceptors (Lipinski definition) is 5. The van der Waals surface area contributed by atoms with Crippen LogP contribution in [-0.4, -0.2) is 23.6 Å². The SMILES string of the molecule is CCNc1nccc(Nc2cccc(OC)c2)n1. The summed E-state index contributed by atoms with van der Waals surface area (Å²) in [5, 5.41) is 6.28. The summed E-state index contributed by atoms with van der Waals surface area (Å²) in [5.41, 5.74) is 0.926. The van der Waals surface area contributed by atoms with Crippen LogP contribution < -0.4 is 15.4 Å². The third kappa shape index (κ3) is 3.10. The van der Waals surface area contributed by atoms with Gasteiger partial charge in [0.1, 0.15) is 11.6 Å². The molecule has 0 fully saturated rings. The first-order chi connectivity index (χ1) is 8.81. The van der Waals surface area contributed by atoms with Gasteiger partial charge < -0.3 is 15.4 Å². The normalized spacial score (nSPS) is 9.89. The molecular formula is C13H16N4O. The predicted molar refractivity (Wildman–Crippen MR) is 72.5 cm³/mol. The third-order valence-corrected chi connectivity index (χ3v) is 2.33. The summed E-state index contributed by atoms with van der Waals surface area (Å²) in [4.78, 5) is 8.46. The lowest BCUT2D eigenvalue weighted by molar-refractivity contribution is 0.415. The molecule has 0 unspecified atom stereocenters. The van der Waals surface area contributed by atoms with Crippen molar-refractivity contribution in [3.63, 3.8) is 0 Å². The van der Waals surface area contributed by atoms with Gasteiger partial charge in [-0.25, -0.2) is 4.98 Å². The Bertz CT molecular complexity index is 516. The van der Waals surface area contributed by atoms with E-state index in [4.69, 9.17) is 4.74 Å². The molecule has 1 aromatic carbocycles. The Balaban J connectivity index is 2.14. The molecule has 2 N–H and O–H groups in total. The maximum Gasteiger partial charge on any atom is 0.224 e. The molecule has 5 heteroatoms. The van der Waals surface area contributed by atoms with Gasteiger partial charge in [0.25, 0.3) is 0 Å². The second-order valence-corrected chi connectivity index (χ2v) is 3.65. The van der Waals surface area contributed by atoms with Crippen molar-refractivity contribution in [2.24, 2.45) is 0 Å². The lowest BCUT2D eigenvalue weighted by Crippen LogP contribution is -2.03. The van der Waals surface area contributed by atoms with E-state index < -0.39 is 0 Å². The Kier molecular flexibility index (Phi) is 3.96. The second-order valence-electron chi connectivity index (χ2n) is 3.65. The zero-order valence-electron chi connectivity index (χ0n) is 10.5. The van der Waals surface area contributed by atoms with Crippen molar-refractivity contribution in [3.8, 4) is 5.75 Å². The van der Waals surface area contributed by atoms with Crippen molar-refractivity contribution in [2.45, 2.75) is 6.92 Å². The highest BCUT2D eigenvalue weighted by molar-refractivity contribution is 5.58. The van der Waals surface area contributed by atoms with Crippen molar-refractivity contribution < 1.29 is 4.74 Å². The molecule has 0 saturated carbocycles. The molecule has 0 aliphatic rings. The molecule has 0 amide bonds. The number of aromatic nitrogens is 2. The molecule has 2 aromatic rings. The molecule has 94 valence electrons. The second kappa shape index (κ2) is 5.86. The molecule has 1 heterocycles. The molecule has 0 bridgehead atoms. The molecule has 0 aliphatic heterocycles. The van der Waals surface area contributed by atoms with Crippen LogP contribution >= 0.6 is 0 Å². The highest BCUT2D eigenvalue weighted by atomic mass is 16.5. The van der Waals surface area contributed by atoms with Crippen molar-refractivity contribution in [3.05, 3.63) is 36.5 Å². The van der Waals surface area contributed by atoms with Gasteiger partial charge in [0.15, 0.2) is 0 Å². The Morgan fingerprint density at radius 3 is 2.94 bits per heavy atom. The Labute approximate surface area is 106 Å². The van der Waals surface area contributed by atoms with Gasteiger partial charge in [0.05, 0.1) is 7.11 Å². The van der Waals surface area contributed by atoms with Crippen LogP contribution in [0, 0.1) is 0 Å². The molecule has 0 radical (unpaired) electrons. The van der Waals surface area contributed by atoms with Crippen LogP contribution in [0.25, 0.3) is 0 Å². The highest BCUT2D eigenvalue weighted by Gasteiger charge is 2.00. The minimum absolute atomic E-state index is 0.616. The fraction of sp³-hybridized carbons (Fsp3) is 0.231. The van der Waals surface area contributed by atoms with Gasteiger partial charge in [0.2, 0.25) is 5.95 Å². The fourth-order valence-corrected chi connectivity index (χ4v) is 1.52. The number of benzene rings is 1. The number of nitrogens with one attached hydrogen (secondary N) is 2. The van der Waals surface area contributed by atoms with Crippen LogP contribution in [-0.2, 0) is 0 Å². The van der Waals surface area contributed by atoms with E-state index in [9.17, 15) is 0 Å². The molecule has 5 nitrogen and oxygen atoms in total. The molecule has 0 saturated heterocycles. The Morgan fingerprint density at radius 1 is 1.28 bits per heavy atom. The van der Waals surface area contributed by atoms with Crippen LogP contribution in [0.4, 0.5) is 17.5 Å². The lowest BCUT2D eigenvalue weighted by Gasteiger charge is -2.08. The first-order valence-electron chi connectivity index (χ1n) is 5.80. The number of anilines is 3. The van der Waals surface area contributed by atoms with E-state index in [0.29, 0.717) is 5.95 Å². The monoisotopic (exact) mass is 244 g/mol. The number of ether oxygens (including phenoxy) is 1. The van der Waals surface area contributed by atoms with Gasteiger partial charge in [0, 0.05) is 24.5 Å². The average molecular weight is 244 g/mol. The summed E-state index contributed by atoms with van der Waals surface area (Å²) in [6.45, 7) is 2.80. The molecule has 18 heavy (non-hydrogen) atoms. The molecule has 0 spiro atoms. The van der Waals surface area contributed by atoms with E-state index >= 15 is 0 Å². The van der Waals surface area contributed by atoms with Crippen LogP contribution in [0.3, 0.4) is 0 Å². The van der Waals surface area contributed by atoms with Crippen molar-refractivity contribution in [1.29, 1.82) is 0 Å². The van der Waals surface area contributed by atoms with Gasteiger partial charge in [-0.2, -0.15) is 4.98 Å². The van der Waals surface area contributed by atoms with E-state index in [-0.39, 0.29) is 0 Å². The summed E-state index contributed by atoms with van der Waals surface area (Å²) in [6.07, 6.45) is 1.72. The maximum absolute atomic E-state index is 5.17. The van der Waals surface area contributed by atoms with Crippen molar-refractivity contribution in [1.82, 2.24) is 9.97 Å². The zero-order chi connectivity index (χ0) is 12.8. The summed E-state index contributed by atoms with van der Waals surface area (Å²) in [6, 6.07) is 9.51. The summed E-state index contributed by atoms with van der Waals surface area (Å²) in [7, 11) is 1.65. The fourth-order valence-electron chi connectivity index (χ4n) is 1.52. The predicted octanol–water partition coefficient (Wildman–Crippen LogP) is 2.66. The Hall–Kier alpha value is -2.30. The molecule has 0 atom stereocenters. The van der Waals surface area contributed by atoms with Crippen LogP contribution in [0.2, 0.25) is 0 Å². The van der Waals surface area contributed by atoms with Crippen LogP contribution in [0.5, 0.6) is 5.75 Å². The summed E-state index contributed by atoms with van der Waals surface area (Å²) >= 11 is 0. The number of rotatable bonds is 5. The quantitative estimate of drug-likeness (QED) is 0.846. The molecule has 0 aliphatic carbocycles.